The normalized spacial score (nSPS) is 23.6. The van der Waals surface area contributed by atoms with Crippen LogP contribution in [0.1, 0.15) is 25.0 Å². The molecule has 0 saturated carbocycles. The molecule has 12 heavy (non-hydrogen) atoms. The van der Waals surface area contributed by atoms with Crippen LogP contribution in [0.15, 0.2) is 24.4 Å². The van der Waals surface area contributed by atoms with E-state index >= 15 is 0 Å². The van der Waals surface area contributed by atoms with Crippen molar-refractivity contribution >= 4 is 0 Å². The molecule has 2 atom stereocenters. The zero-order chi connectivity index (χ0) is 8.39. The number of nitrogens with zero attached hydrogens (tertiary/aromatic N) is 1. The smallest absolute Gasteiger partial charge is 0.0816 e. The first-order chi connectivity index (χ1) is 5.86. The van der Waals surface area contributed by atoms with Gasteiger partial charge in [0.05, 0.1) is 12.7 Å². The van der Waals surface area contributed by atoms with Crippen molar-refractivity contribution in [2.24, 2.45) is 0 Å². The van der Waals surface area contributed by atoms with Crippen molar-refractivity contribution in [3.63, 3.8) is 0 Å². The van der Waals surface area contributed by atoms with Crippen LogP contribution in [0.3, 0.4) is 0 Å². The summed E-state index contributed by atoms with van der Waals surface area (Å²) < 4.78 is 5.17. The Kier molecular flexibility index (Phi) is 2.09. The monoisotopic (exact) mass is 163 g/mol. The lowest BCUT2D eigenvalue weighted by Crippen LogP contribution is -1.99. The maximum atomic E-state index is 5.17. The fraction of sp³-hybridized carbons (Fsp3) is 0.500. The molecule has 0 aliphatic carbocycles. The molecule has 0 N–H and O–H groups in total. The Morgan fingerprint density at radius 1 is 1.67 bits per heavy atom. The third kappa shape index (κ3) is 1.83. The second kappa shape index (κ2) is 3.23. The van der Waals surface area contributed by atoms with Crippen molar-refractivity contribution in [3.05, 3.63) is 30.1 Å². The molecular formula is C10H13NO. The number of rotatable bonds is 3. The molecule has 0 spiro atoms. The van der Waals surface area contributed by atoms with Gasteiger partial charge >= 0.3 is 0 Å². The van der Waals surface area contributed by atoms with E-state index in [-0.39, 0.29) is 0 Å². The molecule has 2 unspecified atom stereocenters. The molecule has 2 nitrogen and oxygen atoms in total. The van der Waals surface area contributed by atoms with Crippen molar-refractivity contribution in [1.82, 2.24) is 4.98 Å². The number of ether oxygens (including phenoxy) is 1. The minimum atomic E-state index is 0.502. The fourth-order valence-electron chi connectivity index (χ4n) is 1.39. The number of pyridine rings is 1. The van der Waals surface area contributed by atoms with Gasteiger partial charge < -0.3 is 4.74 Å². The highest BCUT2D eigenvalue weighted by molar-refractivity contribution is 5.08. The number of aromatic nitrogens is 1. The third-order valence-electron chi connectivity index (χ3n) is 2.21. The van der Waals surface area contributed by atoms with Crippen molar-refractivity contribution in [2.75, 3.05) is 6.61 Å². The summed E-state index contributed by atoms with van der Waals surface area (Å²) in [6.07, 6.45) is 3.46. The van der Waals surface area contributed by atoms with Crippen LogP contribution in [0.4, 0.5) is 0 Å². The third-order valence-corrected chi connectivity index (χ3v) is 2.21. The van der Waals surface area contributed by atoms with Crippen LogP contribution in [0.5, 0.6) is 0 Å². The molecular weight excluding hydrogens is 150 g/mol. The lowest BCUT2D eigenvalue weighted by Gasteiger charge is -2.07. The minimum Gasteiger partial charge on any atom is -0.373 e. The number of hydrogen-bond donors (Lipinski definition) is 0. The van der Waals surface area contributed by atoms with Gasteiger partial charge in [-0.2, -0.15) is 0 Å². The van der Waals surface area contributed by atoms with E-state index in [1.54, 1.807) is 0 Å². The Morgan fingerprint density at radius 3 is 3.08 bits per heavy atom. The van der Waals surface area contributed by atoms with E-state index in [9.17, 15) is 0 Å². The van der Waals surface area contributed by atoms with Gasteiger partial charge in [-0.1, -0.05) is 13.0 Å². The van der Waals surface area contributed by atoms with Crippen LogP contribution < -0.4 is 0 Å². The van der Waals surface area contributed by atoms with E-state index in [2.05, 4.69) is 18.0 Å². The minimum absolute atomic E-state index is 0.502. The molecule has 64 valence electrons. The first-order valence-electron chi connectivity index (χ1n) is 4.39. The van der Waals surface area contributed by atoms with Gasteiger partial charge in [0.2, 0.25) is 0 Å². The van der Waals surface area contributed by atoms with Crippen molar-refractivity contribution in [3.8, 4) is 0 Å². The van der Waals surface area contributed by atoms with E-state index in [0.717, 1.165) is 13.0 Å². The van der Waals surface area contributed by atoms with E-state index < -0.39 is 0 Å². The molecule has 1 aromatic rings. The summed E-state index contributed by atoms with van der Waals surface area (Å²) in [7, 11) is 0. The first-order valence-corrected chi connectivity index (χ1v) is 4.39. The van der Waals surface area contributed by atoms with Gasteiger partial charge in [-0.15, -0.1) is 0 Å². The van der Waals surface area contributed by atoms with Crippen LogP contribution in [-0.4, -0.2) is 17.7 Å². The standard InChI is InChI=1S/C10H13NO/c1-8(6-9-7-12-9)10-4-2-3-5-11-10/h2-5,8-9H,6-7H2,1H3. The summed E-state index contributed by atoms with van der Waals surface area (Å²) in [5.41, 5.74) is 1.17. The van der Waals surface area contributed by atoms with Gasteiger partial charge in [0.1, 0.15) is 0 Å². The summed E-state index contributed by atoms with van der Waals surface area (Å²) in [6.45, 7) is 3.14. The zero-order valence-electron chi connectivity index (χ0n) is 7.23. The highest BCUT2D eigenvalue weighted by Crippen LogP contribution is 2.25. The summed E-state index contributed by atoms with van der Waals surface area (Å²) >= 11 is 0. The van der Waals surface area contributed by atoms with Crippen LogP contribution >= 0.6 is 0 Å². The molecule has 1 aliphatic heterocycles. The second-order valence-corrected chi connectivity index (χ2v) is 3.35. The molecule has 1 fully saturated rings. The molecule has 1 aromatic heterocycles. The van der Waals surface area contributed by atoms with Gasteiger partial charge in [-0.3, -0.25) is 4.98 Å². The maximum absolute atomic E-state index is 5.17. The van der Waals surface area contributed by atoms with E-state index in [4.69, 9.17) is 4.74 Å². The van der Waals surface area contributed by atoms with Crippen LogP contribution in [0, 0.1) is 0 Å². The molecule has 2 rings (SSSR count). The summed E-state index contributed by atoms with van der Waals surface area (Å²) in [4.78, 5) is 4.30. The molecule has 1 saturated heterocycles. The van der Waals surface area contributed by atoms with E-state index in [1.807, 2.05) is 18.3 Å². The molecule has 0 radical (unpaired) electrons. The summed E-state index contributed by atoms with van der Waals surface area (Å²) in [5, 5.41) is 0. The lowest BCUT2D eigenvalue weighted by molar-refractivity contribution is 0.383. The summed E-state index contributed by atoms with van der Waals surface area (Å²) in [5.74, 6) is 0.527. The Hall–Kier alpha value is -0.890. The van der Waals surface area contributed by atoms with Crippen molar-refractivity contribution < 1.29 is 4.74 Å². The van der Waals surface area contributed by atoms with Crippen molar-refractivity contribution in [1.29, 1.82) is 0 Å². The lowest BCUT2D eigenvalue weighted by atomic mass is 10.0. The molecule has 0 bridgehead atoms. The molecule has 1 aliphatic rings. The number of epoxide rings is 1. The molecule has 2 heterocycles. The van der Waals surface area contributed by atoms with Gasteiger partial charge in [-0.05, 0) is 18.6 Å². The first kappa shape index (κ1) is 7.74. The predicted octanol–water partition coefficient (Wildman–Crippen LogP) is 1.97. The van der Waals surface area contributed by atoms with Crippen LogP contribution in [0.25, 0.3) is 0 Å². The second-order valence-electron chi connectivity index (χ2n) is 3.35. The Balaban J connectivity index is 1.98. The topological polar surface area (TPSA) is 25.4 Å². The quantitative estimate of drug-likeness (QED) is 0.636. The van der Waals surface area contributed by atoms with E-state index in [1.165, 1.54) is 5.69 Å². The average molecular weight is 163 g/mol. The fourth-order valence-corrected chi connectivity index (χ4v) is 1.39. The van der Waals surface area contributed by atoms with Gasteiger partial charge in [-0.25, -0.2) is 0 Å². The highest BCUT2D eigenvalue weighted by atomic mass is 16.6. The summed E-state index contributed by atoms with van der Waals surface area (Å²) in [6, 6.07) is 6.06. The number of hydrogen-bond acceptors (Lipinski definition) is 2. The Bertz CT molecular complexity index is 243. The SMILES string of the molecule is CC(CC1CO1)c1ccccn1. The molecule has 0 amide bonds. The Labute approximate surface area is 72.6 Å². The van der Waals surface area contributed by atoms with Gasteiger partial charge in [0.25, 0.3) is 0 Å². The van der Waals surface area contributed by atoms with Gasteiger partial charge in [0.15, 0.2) is 0 Å². The maximum Gasteiger partial charge on any atom is 0.0816 e. The van der Waals surface area contributed by atoms with Crippen molar-refractivity contribution in [2.45, 2.75) is 25.4 Å². The average Bonchev–Trinajstić information content (AvgIpc) is 2.90. The van der Waals surface area contributed by atoms with Crippen LogP contribution in [-0.2, 0) is 4.74 Å². The highest BCUT2D eigenvalue weighted by Gasteiger charge is 2.25. The molecule has 0 aromatic carbocycles. The largest absolute Gasteiger partial charge is 0.373 e. The zero-order valence-corrected chi connectivity index (χ0v) is 7.23. The predicted molar refractivity (Wildman–Crippen MR) is 47.0 cm³/mol. The Morgan fingerprint density at radius 2 is 2.50 bits per heavy atom. The molecule has 2 heteroatoms. The van der Waals surface area contributed by atoms with E-state index in [0.29, 0.717) is 12.0 Å². The van der Waals surface area contributed by atoms with Gasteiger partial charge in [0, 0.05) is 17.8 Å². The van der Waals surface area contributed by atoms with Crippen LogP contribution in [0.2, 0.25) is 0 Å².